The highest BCUT2D eigenvalue weighted by Gasteiger charge is 2.27. The standard InChI is InChI=1S/C38H53FN6O6/c1-28(7-9-36(29(2)6-8-34(48)10-21-46)51-38(50)44-15-13-41(4)14-16-44)35(27-47)30(3)22-31-23-32(39)25-33(24-31)42-17-19-43(20-18-42)37(49)26-45-12-5-11-40-45/h5,7,9,11-12,21-25,27-29,34-36,48H,6,8,10,13-20,26H2,1-4H3/b9-7+,30-22+/t28-,29-,34+,35-,36-/m0/s1. The summed E-state index contributed by atoms with van der Waals surface area (Å²) in [4.78, 5) is 56.8. The van der Waals surface area contributed by atoms with Crippen molar-refractivity contribution in [2.75, 3.05) is 64.3 Å². The number of aromatic nitrogens is 2. The van der Waals surface area contributed by atoms with E-state index in [1.165, 1.54) is 12.1 Å². The molecule has 4 rings (SSSR count). The first-order chi connectivity index (χ1) is 24.5. The number of anilines is 1. The highest BCUT2D eigenvalue weighted by atomic mass is 19.1. The van der Waals surface area contributed by atoms with E-state index in [1.54, 1.807) is 32.9 Å². The van der Waals surface area contributed by atoms with Gasteiger partial charge in [-0.25, -0.2) is 9.18 Å². The van der Waals surface area contributed by atoms with Gasteiger partial charge in [0.2, 0.25) is 5.91 Å². The smallest absolute Gasteiger partial charge is 0.410 e. The monoisotopic (exact) mass is 708 g/mol. The summed E-state index contributed by atoms with van der Waals surface area (Å²) in [6.45, 7) is 10.7. The number of aliphatic hydroxyl groups excluding tert-OH is 1. The van der Waals surface area contributed by atoms with E-state index in [9.17, 15) is 28.7 Å². The Kier molecular flexibility index (Phi) is 14.9. The maximum Gasteiger partial charge on any atom is 0.410 e. The minimum absolute atomic E-state index is 0.0118. The van der Waals surface area contributed by atoms with E-state index in [2.05, 4.69) is 14.9 Å². The summed E-state index contributed by atoms with van der Waals surface area (Å²) in [5.74, 6) is -1.34. The second kappa shape index (κ2) is 19.3. The van der Waals surface area contributed by atoms with Crippen molar-refractivity contribution >= 4 is 36.3 Å². The van der Waals surface area contributed by atoms with Crippen LogP contribution in [-0.2, 0) is 25.7 Å². The zero-order valence-electron chi connectivity index (χ0n) is 30.3. The summed E-state index contributed by atoms with van der Waals surface area (Å²) >= 11 is 0. The predicted octanol–water partition coefficient (Wildman–Crippen LogP) is 3.90. The van der Waals surface area contributed by atoms with E-state index in [-0.39, 0.29) is 30.7 Å². The average molecular weight is 709 g/mol. The average Bonchev–Trinajstić information content (AvgIpc) is 3.62. The molecule has 2 fully saturated rings. The van der Waals surface area contributed by atoms with Gasteiger partial charge in [0.15, 0.2) is 0 Å². The van der Waals surface area contributed by atoms with Crippen molar-refractivity contribution in [3.8, 4) is 0 Å². The topological polar surface area (TPSA) is 129 Å². The fourth-order valence-electron chi connectivity index (χ4n) is 6.49. The molecule has 2 amide bonds. The van der Waals surface area contributed by atoms with Crippen molar-refractivity contribution in [2.45, 2.75) is 58.8 Å². The van der Waals surface area contributed by atoms with Gasteiger partial charge in [-0.2, -0.15) is 5.10 Å². The molecule has 278 valence electrons. The molecule has 2 aromatic rings. The van der Waals surface area contributed by atoms with Crippen LogP contribution in [0.3, 0.4) is 0 Å². The number of ether oxygens (including phenoxy) is 1. The Morgan fingerprint density at radius 3 is 2.33 bits per heavy atom. The van der Waals surface area contributed by atoms with E-state index in [1.807, 2.05) is 52.1 Å². The van der Waals surface area contributed by atoms with Gasteiger partial charge in [0.1, 0.15) is 31.0 Å². The molecule has 0 aliphatic carbocycles. The lowest BCUT2D eigenvalue weighted by atomic mass is 9.86. The van der Waals surface area contributed by atoms with E-state index in [0.717, 1.165) is 24.9 Å². The van der Waals surface area contributed by atoms with Crippen molar-refractivity contribution < 1.29 is 33.4 Å². The Hall–Kier alpha value is -4.36. The molecule has 0 unspecified atom stereocenters. The summed E-state index contributed by atoms with van der Waals surface area (Å²) in [6, 6.07) is 6.59. The van der Waals surface area contributed by atoms with E-state index < -0.39 is 30.0 Å². The Balaban J connectivity index is 1.42. The van der Waals surface area contributed by atoms with Gasteiger partial charge in [0, 0.05) is 82.8 Å². The molecule has 1 aromatic carbocycles. The zero-order valence-corrected chi connectivity index (χ0v) is 30.3. The van der Waals surface area contributed by atoms with Crippen molar-refractivity contribution in [1.29, 1.82) is 0 Å². The number of halogens is 1. The third-order valence-electron chi connectivity index (χ3n) is 9.88. The number of allylic oxidation sites excluding steroid dienone is 2. The van der Waals surface area contributed by atoms with Crippen LogP contribution in [0.1, 0.15) is 45.6 Å². The van der Waals surface area contributed by atoms with Crippen LogP contribution in [0.15, 0.2) is 54.4 Å². The number of aldehydes is 2. The highest BCUT2D eigenvalue weighted by molar-refractivity contribution is 5.76. The van der Waals surface area contributed by atoms with Crippen molar-refractivity contribution in [1.82, 2.24) is 24.5 Å². The van der Waals surface area contributed by atoms with Gasteiger partial charge < -0.3 is 39.0 Å². The van der Waals surface area contributed by atoms with Crippen LogP contribution >= 0.6 is 0 Å². The zero-order chi connectivity index (χ0) is 36.9. The number of rotatable bonds is 16. The largest absolute Gasteiger partial charge is 0.442 e. The molecule has 0 saturated carbocycles. The van der Waals surface area contributed by atoms with Gasteiger partial charge in [0.25, 0.3) is 0 Å². The van der Waals surface area contributed by atoms with Crippen LogP contribution < -0.4 is 4.90 Å². The number of amides is 2. The molecular formula is C38H53FN6O6. The number of hydrogen-bond donors (Lipinski definition) is 1. The fourth-order valence-corrected chi connectivity index (χ4v) is 6.49. The molecule has 0 radical (unpaired) electrons. The highest BCUT2D eigenvalue weighted by Crippen LogP contribution is 2.27. The van der Waals surface area contributed by atoms with E-state index in [4.69, 9.17) is 4.74 Å². The van der Waals surface area contributed by atoms with Crippen LogP contribution in [0, 0.1) is 23.6 Å². The lowest BCUT2D eigenvalue weighted by Gasteiger charge is -2.36. The lowest BCUT2D eigenvalue weighted by Crippen LogP contribution is -2.49. The van der Waals surface area contributed by atoms with E-state index in [0.29, 0.717) is 69.6 Å². The van der Waals surface area contributed by atoms with Crippen LogP contribution in [0.25, 0.3) is 6.08 Å². The van der Waals surface area contributed by atoms with Gasteiger partial charge in [-0.3, -0.25) is 9.48 Å². The summed E-state index contributed by atoms with van der Waals surface area (Å²) in [5, 5.41) is 14.2. The molecule has 2 aliphatic heterocycles. The van der Waals surface area contributed by atoms with Gasteiger partial charge in [-0.05, 0) is 74.6 Å². The number of likely N-dealkylation sites (N-methyl/N-ethyl adjacent to an activating group) is 1. The molecule has 3 heterocycles. The van der Waals surface area contributed by atoms with E-state index >= 15 is 0 Å². The molecule has 5 atom stereocenters. The third kappa shape index (κ3) is 11.9. The van der Waals surface area contributed by atoms with Crippen LogP contribution in [0.2, 0.25) is 0 Å². The number of carbonyl (C=O) groups excluding carboxylic acids is 4. The Morgan fingerprint density at radius 1 is 0.980 bits per heavy atom. The fraction of sp³-hybridized carbons (Fsp3) is 0.553. The molecule has 2 saturated heterocycles. The number of nitrogens with zero attached hydrogens (tertiary/aromatic N) is 6. The molecule has 51 heavy (non-hydrogen) atoms. The van der Waals surface area contributed by atoms with Crippen LogP contribution in [0.4, 0.5) is 14.9 Å². The van der Waals surface area contributed by atoms with Crippen LogP contribution in [-0.4, -0.2) is 126 Å². The molecule has 0 spiro atoms. The number of hydrogen-bond acceptors (Lipinski definition) is 9. The second-order valence-electron chi connectivity index (χ2n) is 13.9. The summed E-state index contributed by atoms with van der Waals surface area (Å²) in [5.41, 5.74) is 2.09. The first-order valence-electron chi connectivity index (χ1n) is 17.9. The van der Waals surface area contributed by atoms with Crippen LogP contribution in [0.5, 0.6) is 0 Å². The van der Waals surface area contributed by atoms with Gasteiger partial charge >= 0.3 is 6.09 Å². The van der Waals surface area contributed by atoms with Crippen molar-refractivity contribution in [2.24, 2.45) is 17.8 Å². The first kappa shape index (κ1) is 39.4. The molecule has 12 nitrogen and oxygen atoms in total. The summed E-state index contributed by atoms with van der Waals surface area (Å²) < 4.78 is 22.5. The third-order valence-corrected chi connectivity index (χ3v) is 9.88. The molecule has 1 aromatic heterocycles. The second-order valence-corrected chi connectivity index (χ2v) is 13.9. The number of carbonyl (C=O) groups is 4. The summed E-state index contributed by atoms with van der Waals surface area (Å²) in [6.07, 6.45) is 9.68. The maximum atomic E-state index is 14.9. The number of piperazine rings is 2. The Bertz CT molecular complexity index is 1500. The predicted molar refractivity (Wildman–Crippen MR) is 193 cm³/mol. The van der Waals surface area contributed by atoms with Gasteiger partial charge in [-0.1, -0.05) is 31.6 Å². The molecule has 2 aliphatic rings. The first-order valence-corrected chi connectivity index (χ1v) is 17.9. The minimum Gasteiger partial charge on any atom is -0.442 e. The maximum absolute atomic E-state index is 14.9. The molecular weight excluding hydrogens is 655 g/mol. The quantitative estimate of drug-likeness (QED) is 0.204. The van der Waals surface area contributed by atoms with Crippen molar-refractivity contribution in [3.63, 3.8) is 0 Å². The summed E-state index contributed by atoms with van der Waals surface area (Å²) in [7, 11) is 2.01. The van der Waals surface area contributed by atoms with Gasteiger partial charge in [0.05, 0.1) is 6.10 Å². The SMILES string of the molecule is C/C(=C\c1cc(F)cc(N2CCN(C(=O)Cn3cccn3)CC2)c1)[C@@H](C=O)[C@@H](C)/C=C/[C@H](OC(=O)N1CCN(C)CC1)[C@@H](C)CC[C@@H](O)CC=O. The number of benzene rings is 1. The molecule has 1 N–H and O–H groups in total. The number of aliphatic hydroxyl groups is 1. The normalized spacial score (nSPS) is 19.0. The van der Waals surface area contributed by atoms with Gasteiger partial charge in [-0.15, -0.1) is 0 Å². The Labute approximate surface area is 300 Å². The lowest BCUT2D eigenvalue weighted by molar-refractivity contribution is -0.132. The minimum atomic E-state index is -0.760. The molecule has 13 heteroatoms. The molecule has 0 bridgehead atoms. The van der Waals surface area contributed by atoms with Crippen molar-refractivity contribution in [3.05, 3.63) is 65.8 Å². The Morgan fingerprint density at radius 2 is 1.69 bits per heavy atom.